The number of para-hydroxylation sites is 1. The van der Waals surface area contributed by atoms with Gasteiger partial charge in [-0.05, 0) is 36.4 Å². The molecular formula is C20H17ClN2O3. The van der Waals surface area contributed by atoms with Crippen molar-refractivity contribution in [2.75, 3.05) is 14.1 Å². The molecule has 2 aromatic carbocycles. The molecule has 0 amide bonds. The average Bonchev–Trinajstić information content (AvgIpc) is 2.59. The molecule has 0 unspecified atom stereocenters. The van der Waals surface area contributed by atoms with Crippen molar-refractivity contribution in [2.24, 2.45) is 4.99 Å². The molecule has 0 aliphatic heterocycles. The molecule has 0 spiro atoms. The summed E-state index contributed by atoms with van der Waals surface area (Å²) in [7, 11) is 3.69. The summed E-state index contributed by atoms with van der Waals surface area (Å²) >= 11 is 6.02. The van der Waals surface area contributed by atoms with E-state index in [4.69, 9.17) is 16.0 Å². The average molecular weight is 369 g/mol. The first-order valence-electron chi connectivity index (χ1n) is 7.90. The third kappa shape index (κ3) is 3.78. The van der Waals surface area contributed by atoms with Crippen LogP contribution < -0.4 is 5.63 Å². The zero-order valence-corrected chi connectivity index (χ0v) is 15.1. The van der Waals surface area contributed by atoms with Crippen LogP contribution in [0.3, 0.4) is 0 Å². The van der Waals surface area contributed by atoms with E-state index < -0.39 is 5.63 Å². The van der Waals surface area contributed by atoms with Crippen molar-refractivity contribution in [3.63, 3.8) is 0 Å². The van der Waals surface area contributed by atoms with Gasteiger partial charge in [0, 0.05) is 25.3 Å². The Hall–Kier alpha value is -3.05. The standard InChI is InChI=1S/C20H17ClN2O3/c1-23(2)11-10-16(22-14-7-5-6-13(21)12-14)18-19(24)15-8-3-4-9-17(15)26-20(18)25/h3-12,24H,1-2H3/b11-10+,22-16?. The number of fused-ring (bicyclic) bond motifs is 1. The number of aromatic hydroxyl groups is 1. The first-order valence-corrected chi connectivity index (χ1v) is 8.27. The van der Waals surface area contributed by atoms with Crippen LogP contribution in [0.1, 0.15) is 5.56 Å². The molecule has 26 heavy (non-hydrogen) atoms. The zero-order valence-electron chi connectivity index (χ0n) is 14.3. The predicted molar refractivity (Wildman–Crippen MR) is 105 cm³/mol. The highest BCUT2D eigenvalue weighted by Gasteiger charge is 2.18. The Morgan fingerprint density at radius 2 is 1.96 bits per heavy atom. The van der Waals surface area contributed by atoms with E-state index in [0.29, 0.717) is 21.7 Å². The second-order valence-corrected chi connectivity index (χ2v) is 6.30. The van der Waals surface area contributed by atoms with E-state index in [-0.39, 0.29) is 17.0 Å². The lowest BCUT2D eigenvalue weighted by atomic mass is 10.1. The Morgan fingerprint density at radius 3 is 2.69 bits per heavy atom. The fraction of sp³-hybridized carbons (Fsp3) is 0.100. The van der Waals surface area contributed by atoms with Gasteiger partial charge >= 0.3 is 5.63 Å². The van der Waals surface area contributed by atoms with E-state index in [2.05, 4.69) is 4.99 Å². The minimum absolute atomic E-state index is 0.00164. The number of halogens is 1. The Bertz CT molecular complexity index is 1070. The van der Waals surface area contributed by atoms with Gasteiger partial charge in [-0.15, -0.1) is 0 Å². The molecule has 0 atom stereocenters. The normalized spacial score (nSPS) is 12.0. The van der Waals surface area contributed by atoms with E-state index in [1.807, 2.05) is 14.1 Å². The van der Waals surface area contributed by atoms with Crippen LogP contribution in [0, 0.1) is 0 Å². The minimum Gasteiger partial charge on any atom is -0.506 e. The maximum absolute atomic E-state index is 12.5. The SMILES string of the molecule is CN(C)/C=C/C(=Nc1cccc(Cl)c1)c1c(O)c2ccccc2oc1=O. The van der Waals surface area contributed by atoms with Gasteiger partial charge in [-0.25, -0.2) is 9.79 Å². The molecule has 3 aromatic rings. The fourth-order valence-electron chi connectivity index (χ4n) is 2.44. The summed E-state index contributed by atoms with van der Waals surface area (Å²) in [6.07, 6.45) is 3.37. The van der Waals surface area contributed by atoms with Crippen molar-refractivity contribution in [1.29, 1.82) is 0 Å². The van der Waals surface area contributed by atoms with Crippen molar-refractivity contribution in [3.05, 3.63) is 81.8 Å². The third-order valence-corrected chi connectivity index (χ3v) is 3.87. The van der Waals surface area contributed by atoms with Crippen LogP contribution in [-0.4, -0.2) is 29.8 Å². The van der Waals surface area contributed by atoms with Gasteiger partial charge in [-0.1, -0.05) is 29.8 Å². The molecule has 0 radical (unpaired) electrons. The van der Waals surface area contributed by atoms with Crippen LogP contribution >= 0.6 is 11.6 Å². The highest BCUT2D eigenvalue weighted by Crippen LogP contribution is 2.28. The van der Waals surface area contributed by atoms with Crippen LogP contribution in [0.15, 0.2) is 75.0 Å². The Kier molecular flexibility index (Phi) is 5.09. The summed E-state index contributed by atoms with van der Waals surface area (Å²) in [5.41, 5.74) is 0.491. The summed E-state index contributed by atoms with van der Waals surface area (Å²) < 4.78 is 5.35. The van der Waals surface area contributed by atoms with Gasteiger partial charge in [-0.2, -0.15) is 0 Å². The van der Waals surface area contributed by atoms with Crippen LogP contribution in [0.25, 0.3) is 11.0 Å². The second kappa shape index (κ2) is 7.45. The molecule has 0 aliphatic carbocycles. The lowest BCUT2D eigenvalue weighted by Gasteiger charge is -2.09. The van der Waals surface area contributed by atoms with Gasteiger partial charge in [0.1, 0.15) is 16.9 Å². The smallest absolute Gasteiger partial charge is 0.349 e. The molecule has 6 heteroatoms. The first-order chi connectivity index (χ1) is 12.5. The maximum atomic E-state index is 12.5. The Morgan fingerprint density at radius 1 is 1.19 bits per heavy atom. The van der Waals surface area contributed by atoms with Gasteiger partial charge in [0.2, 0.25) is 0 Å². The molecule has 1 aromatic heterocycles. The number of rotatable bonds is 4. The lowest BCUT2D eigenvalue weighted by molar-refractivity contribution is 0.466. The highest BCUT2D eigenvalue weighted by molar-refractivity contribution is 6.30. The summed E-state index contributed by atoms with van der Waals surface area (Å²) in [4.78, 5) is 18.8. The topological polar surface area (TPSA) is 66.0 Å². The number of nitrogens with zero attached hydrogens (tertiary/aromatic N) is 2. The van der Waals surface area contributed by atoms with E-state index in [9.17, 15) is 9.90 Å². The monoisotopic (exact) mass is 368 g/mol. The van der Waals surface area contributed by atoms with Crippen LogP contribution in [0.2, 0.25) is 5.02 Å². The minimum atomic E-state index is -0.662. The van der Waals surface area contributed by atoms with Crippen molar-refractivity contribution < 1.29 is 9.52 Å². The molecule has 1 heterocycles. The number of aliphatic imine (C=N–C) groups is 1. The summed E-state index contributed by atoms with van der Waals surface area (Å²) in [5.74, 6) is -0.166. The fourth-order valence-corrected chi connectivity index (χ4v) is 2.62. The maximum Gasteiger partial charge on any atom is 0.349 e. The van der Waals surface area contributed by atoms with Crippen LogP contribution in [0.5, 0.6) is 5.75 Å². The number of hydrogen-bond donors (Lipinski definition) is 1. The molecule has 3 rings (SSSR count). The van der Waals surface area contributed by atoms with Crippen molar-refractivity contribution in [1.82, 2.24) is 4.90 Å². The van der Waals surface area contributed by atoms with Crippen LogP contribution in [-0.2, 0) is 0 Å². The number of benzene rings is 2. The van der Waals surface area contributed by atoms with Crippen molar-refractivity contribution in [2.45, 2.75) is 0 Å². The summed E-state index contributed by atoms with van der Waals surface area (Å²) in [6.45, 7) is 0. The van der Waals surface area contributed by atoms with Crippen molar-refractivity contribution in [3.8, 4) is 5.75 Å². The first kappa shape index (κ1) is 17.8. The quantitative estimate of drug-likeness (QED) is 0.549. The van der Waals surface area contributed by atoms with E-state index in [1.165, 1.54) is 0 Å². The molecule has 0 saturated heterocycles. The van der Waals surface area contributed by atoms with Gasteiger partial charge < -0.3 is 14.4 Å². The molecule has 0 fully saturated rings. The lowest BCUT2D eigenvalue weighted by Crippen LogP contribution is -2.14. The van der Waals surface area contributed by atoms with E-state index >= 15 is 0 Å². The third-order valence-electron chi connectivity index (χ3n) is 3.63. The van der Waals surface area contributed by atoms with E-state index in [0.717, 1.165) is 0 Å². The molecule has 1 N–H and O–H groups in total. The summed E-state index contributed by atoms with van der Waals surface area (Å²) in [5, 5.41) is 11.7. The van der Waals surface area contributed by atoms with Gasteiger partial charge in [-0.3, -0.25) is 0 Å². The summed E-state index contributed by atoms with van der Waals surface area (Å²) in [6, 6.07) is 13.7. The number of hydrogen-bond acceptors (Lipinski definition) is 5. The highest BCUT2D eigenvalue weighted by atomic mass is 35.5. The van der Waals surface area contributed by atoms with Gasteiger partial charge in [0.15, 0.2) is 0 Å². The second-order valence-electron chi connectivity index (χ2n) is 5.87. The molecule has 0 bridgehead atoms. The van der Waals surface area contributed by atoms with E-state index in [1.54, 1.807) is 65.7 Å². The molecule has 0 saturated carbocycles. The largest absolute Gasteiger partial charge is 0.506 e. The number of allylic oxidation sites excluding steroid dienone is 1. The Balaban J connectivity index is 2.25. The van der Waals surface area contributed by atoms with Crippen molar-refractivity contribution >= 4 is 34.0 Å². The van der Waals surface area contributed by atoms with Gasteiger partial charge in [0.05, 0.1) is 16.8 Å². The van der Waals surface area contributed by atoms with Crippen LogP contribution in [0.4, 0.5) is 5.69 Å². The van der Waals surface area contributed by atoms with Gasteiger partial charge in [0.25, 0.3) is 0 Å². The zero-order chi connectivity index (χ0) is 18.7. The molecule has 132 valence electrons. The molecular weight excluding hydrogens is 352 g/mol. The Labute approximate surface area is 155 Å². The molecule has 0 aliphatic rings. The molecule has 5 nitrogen and oxygen atoms in total. The predicted octanol–water partition coefficient (Wildman–Crippen LogP) is 4.35.